The highest BCUT2D eigenvalue weighted by Gasteiger charge is 2.10. The molecule has 1 aromatic carbocycles. The second kappa shape index (κ2) is 4.72. The van der Waals surface area contributed by atoms with Crippen LogP contribution in [0.25, 0.3) is 11.3 Å². The molecule has 1 unspecified atom stereocenters. The topological polar surface area (TPSA) is 39.2 Å². The zero-order chi connectivity index (χ0) is 12.4. The van der Waals surface area contributed by atoms with Crippen molar-refractivity contribution in [3.8, 4) is 11.3 Å². The Kier molecular flexibility index (Phi) is 3.29. The molecule has 2 nitrogen and oxygen atoms in total. The van der Waals surface area contributed by atoms with Crippen molar-refractivity contribution in [1.29, 1.82) is 0 Å². The summed E-state index contributed by atoms with van der Waals surface area (Å²) in [7, 11) is 0. The van der Waals surface area contributed by atoms with Crippen LogP contribution < -0.4 is 5.73 Å². The lowest BCUT2D eigenvalue weighted by molar-refractivity contribution is 0.502. The summed E-state index contributed by atoms with van der Waals surface area (Å²) in [6.07, 6.45) is 0.689. The van der Waals surface area contributed by atoms with E-state index in [1.807, 2.05) is 25.1 Å². The summed E-state index contributed by atoms with van der Waals surface area (Å²) in [6.45, 7) is 3.67. The van der Waals surface area contributed by atoms with Gasteiger partial charge in [-0.2, -0.15) is 0 Å². The van der Waals surface area contributed by atoms with Crippen molar-refractivity contribution in [3.05, 3.63) is 47.5 Å². The van der Waals surface area contributed by atoms with Crippen molar-refractivity contribution in [2.24, 2.45) is 5.73 Å². The van der Waals surface area contributed by atoms with E-state index < -0.39 is 0 Å². The SMILES string of the molecule is Cc1c(F)cccc1-c1ccc(CC(C)N)o1. The second-order valence-electron chi connectivity index (χ2n) is 4.36. The summed E-state index contributed by atoms with van der Waals surface area (Å²) in [5.74, 6) is 1.31. The molecule has 3 heteroatoms. The Labute approximate surface area is 100 Å². The Hall–Kier alpha value is -1.61. The van der Waals surface area contributed by atoms with Gasteiger partial charge in [0.05, 0.1) is 0 Å². The number of rotatable bonds is 3. The highest BCUT2D eigenvalue weighted by atomic mass is 19.1. The molecule has 0 aliphatic carbocycles. The van der Waals surface area contributed by atoms with E-state index in [2.05, 4.69) is 0 Å². The summed E-state index contributed by atoms with van der Waals surface area (Å²) in [6, 6.07) is 8.80. The third kappa shape index (κ3) is 2.56. The van der Waals surface area contributed by atoms with Crippen LogP contribution in [-0.4, -0.2) is 6.04 Å². The van der Waals surface area contributed by atoms with E-state index in [9.17, 15) is 4.39 Å². The number of halogens is 1. The fourth-order valence-corrected chi connectivity index (χ4v) is 1.82. The van der Waals surface area contributed by atoms with Gasteiger partial charge in [-0.3, -0.25) is 0 Å². The average Bonchev–Trinajstić information content (AvgIpc) is 2.69. The Balaban J connectivity index is 2.34. The van der Waals surface area contributed by atoms with Gasteiger partial charge in [0.25, 0.3) is 0 Å². The molecule has 0 saturated heterocycles. The molecule has 0 saturated carbocycles. The minimum atomic E-state index is -0.215. The molecule has 90 valence electrons. The van der Waals surface area contributed by atoms with E-state index in [-0.39, 0.29) is 11.9 Å². The molecule has 0 radical (unpaired) electrons. The highest BCUT2D eigenvalue weighted by Crippen LogP contribution is 2.27. The van der Waals surface area contributed by atoms with Gasteiger partial charge >= 0.3 is 0 Å². The summed E-state index contributed by atoms with van der Waals surface area (Å²) >= 11 is 0. The van der Waals surface area contributed by atoms with E-state index in [0.717, 1.165) is 11.3 Å². The minimum absolute atomic E-state index is 0.0580. The second-order valence-corrected chi connectivity index (χ2v) is 4.36. The summed E-state index contributed by atoms with van der Waals surface area (Å²) in [5.41, 5.74) is 7.10. The first-order valence-electron chi connectivity index (χ1n) is 5.67. The highest BCUT2D eigenvalue weighted by molar-refractivity contribution is 5.62. The number of hydrogen-bond acceptors (Lipinski definition) is 2. The third-order valence-corrected chi connectivity index (χ3v) is 2.72. The predicted molar refractivity (Wildman–Crippen MR) is 66.2 cm³/mol. The summed E-state index contributed by atoms with van der Waals surface area (Å²) < 4.78 is 19.1. The van der Waals surface area contributed by atoms with E-state index in [1.54, 1.807) is 13.0 Å². The molecule has 0 spiro atoms. The molecule has 1 aromatic heterocycles. The molecular formula is C14H16FNO. The molecular weight excluding hydrogens is 217 g/mol. The summed E-state index contributed by atoms with van der Waals surface area (Å²) in [5, 5.41) is 0. The van der Waals surface area contributed by atoms with Crippen LogP contribution in [0.2, 0.25) is 0 Å². The maximum absolute atomic E-state index is 13.4. The van der Waals surface area contributed by atoms with Gasteiger partial charge in [0, 0.05) is 18.0 Å². The predicted octanol–water partition coefficient (Wildman–Crippen LogP) is 3.28. The molecule has 2 rings (SSSR count). The molecule has 2 aromatic rings. The first kappa shape index (κ1) is 11.9. The number of hydrogen-bond donors (Lipinski definition) is 1. The van der Waals surface area contributed by atoms with Gasteiger partial charge in [0.2, 0.25) is 0 Å². The smallest absolute Gasteiger partial charge is 0.134 e. The lowest BCUT2D eigenvalue weighted by Gasteiger charge is -2.04. The first-order chi connectivity index (χ1) is 8.08. The maximum atomic E-state index is 13.4. The molecule has 17 heavy (non-hydrogen) atoms. The standard InChI is InChI=1S/C14H16FNO/c1-9(16)8-11-6-7-14(17-11)12-4-3-5-13(15)10(12)2/h3-7,9H,8,16H2,1-2H3. The van der Waals surface area contributed by atoms with Gasteiger partial charge in [-0.1, -0.05) is 12.1 Å². The molecule has 0 aliphatic rings. The van der Waals surface area contributed by atoms with Crippen molar-refractivity contribution in [3.63, 3.8) is 0 Å². The van der Waals surface area contributed by atoms with E-state index in [4.69, 9.17) is 10.2 Å². The lowest BCUT2D eigenvalue weighted by Crippen LogP contribution is -2.17. The van der Waals surface area contributed by atoms with Crippen LogP contribution in [0.1, 0.15) is 18.2 Å². The maximum Gasteiger partial charge on any atom is 0.134 e. The number of nitrogens with two attached hydrogens (primary N) is 1. The lowest BCUT2D eigenvalue weighted by atomic mass is 10.1. The van der Waals surface area contributed by atoms with Gasteiger partial charge in [0.1, 0.15) is 17.3 Å². The van der Waals surface area contributed by atoms with E-state index in [0.29, 0.717) is 17.7 Å². The van der Waals surface area contributed by atoms with Crippen molar-refractivity contribution in [1.82, 2.24) is 0 Å². The molecule has 0 fully saturated rings. The Bertz CT molecular complexity index is 517. The van der Waals surface area contributed by atoms with Crippen LogP contribution in [0.15, 0.2) is 34.7 Å². The number of benzene rings is 1. The van der Waals surface area contributed by atoms with E-state index in [1.165, 1.54) is 6.07 Å². The number of furan rings is 1. The van der Waals surface area contributed by atoms with E-state index >= 15 is 0 Å². The van der Waals surface area contributed by atoms with Crippen molar-refractivity contribution >= 4 is 0 Å². The van der Waals surface area contributed by atoms with Gasteiger partial charge in [0.15, 0.2) is 0 Å². The van der Waals surface area contributed by atoms with Gasteiger partial charge < -0.3 is 10.2 Å². The third-order valence-electron chi connectivity index (χ3n) is 2.72. The van der Waals surface area contributed by atoms with Crippen LogP contribution in [-0.2, 0) is 6.42 Å². The van der Waals surface area contributed by atoms with Gasteiger partial charge in [-0.15, -0.1) is 0 Å². The Morgan fingerprint density at radius 2 is 2.06 bits per heavy atom. The Morgan fingerprint density at radius 1 is 1.29 bits per heavy atom. The fourth-order valence-electron chi connectivity index (χ4n) is 1.82. The summed E-state index contributed by atoms with van der Waals surface area (Å²) in [4.78, 5) is 0. The van der Waals surface area contributed by atoms with Crippen LogP contribution in [0.5, 0.6) is 0 Å². The largest absolute Gasteiger partial charge is 0.461 e. The van der Waals surface area contributed by atoms with Gasteiger partial charge in [-0.05, 0) is 37.6 Å². The Morgan fingerprint density at radius 3 is 2.76 bits per heavy atom. The van der Waals surface area contributed by atoms with Crippen molar-refractivity contribution in [2.45, 2.75) is 26.3 Å². The molecule has 1 heterocycles. The fraction of sp³-hybridized carbons (Fsp3) is 0.286. The van der Waals surface area contributed by atoms with Crippen LogP contribution in [0.3, 0.4) is 0 Å². The van der Waals surface area contributed by atoms with Crippen LogP contribution >= 0.6 is 0 Å². The molecule has 2 N–H and O–H groups in total. The zero-order valence-corrected chi connectivity index (χ0v) is 10.0. The molecule has 0 amide bonds. The first-order valence-corrected chi connectivity index (χ1v) is 5.67. The molecule has 1 atom stereocenters. The molecule has 0 bridgehead atoms. The zero-order valence-electron chi connectivity index (χ0n) is 10.0. The van der Waals surface area contributed by atoms with Crippen molar-refractivity contribution in [2.75, 3.05) is 0 Å². The molecule has 0 aliphatic heterocycles. The van der Waals surface area contributed by atoms with Gasteiger partial charge in [-0.25, -0.2) is 4.39 Å². The van der Waals surface area contributed by atoms with Crippen LogP contribution in [0, 0.1) is 12.7 Å². The minimum Gasteiger partial charge on any atom is -0.461 e. The monoisotopic (exact) mass is 233 g/mol. The quantitative estimate of drug-likeness (QED) is 0.883. The average molecular weight is 233 g/mol. The van der Waals surface area contributed by atoms with Crippen molar-refractivity contribution < 1.29 is 8.81 Å². The van der Waals surface area contributed by atoms with Crippen LogP contribution in [0.4, 0.5) is 4.39 Å². The normalized spacial score (nSPS) is 12.7.